The lowest BCUT2D eigenvalue weighted by Gasteiger charge is -2.04. The van der Waals surface area contributed by atoms with Crippen molar-refractivity contribution < 1.29 is 9.21 Å². The van der Waals surface area contributed by atoms with E-state index < -0.39 is 0 Å². The number of carbonyl (C=O) groups is 1. The van der Waals surface area contributed by atoms with Crippen LogP contribution in [0, 0.1) is 13.8 Å². The molecular weight excluding hydrogens is 252 g/mol. The minimum atomic E-state index is 0.547. The molecule has 0 fully saturated rings. The van der Waals surface area contributed by atoms with E-state index in [0.717, 1.165) is 28.7 Å². The Morgan fingerprint density at radius 2 is 1.95 bits per heavy atom. The van der Waals surface area contributed by atoms with Crippen LogP contribution in [0.5, 0.6) is 0 Å². The molecule has 0 saturated carbocycles. The van der Waals surface area contributed by atoms with Gasteiger partial charge in [-0.05, 0) is 43.2 Å². The Labute approximate surface area is 116 Å². The molecule has 0 aliphatic carbocycles. The number of aldehydes is 1. The number of aryl methyl sites for hydroxylation is 2. The van der Waals surface area contributed by atoms with E-state index in [2.05, 4.69) is 11.2 Å². The number of nitrogens with zero attached hydrogens (tertiary/aromatic N) is 2. The normalized spacial score (nSPS) is 10.7. The Bertz CT molecular complexity index is 735. The Balaban J connectivity index is 2.14. The van der Waals surface area contributed by atoms with Gasteiger partial charge in [0, 0.05) is 11.8 Å². The molecule has 0 unspecified atom stereocenters. The van der Waals surface area contributed by atoms with Crippen LogP contribution in [0.15, 0.2) is 47.4 Å². The van der Waals surface area contributed by atoms with Crippen LogP contribution in [0.4, 0.5) is 0 Å². The van der Waals surface area contributed by atoms with Gasteiger partial charge in [-0.3, -0.25) is 4.79 Å². The fourth-order valence-electron chi connectivity index (χ4n) is 2.31. The second kappa shape index (κ2) is 4.81. The van der Waals surface area contributed by atoms with Crippen molar-refractivity contribution in [3.63, 3.8) is 0 Å². The van der Waals surface area contributed by atoms with Gasteiger partial charge in [-0.25, -0.2) is 4.68 Å². The van der Waals surface area contributed by atoms with Crippen molar-refractivity contribution in [2.45, 2.75) is 13.8 Å². The predicted octanol–water partition coefficient (Wildman–Crippen LogP) is 3.56. The first-order valence-corrected chi connectivity index (χ1v) is 6.33. The Morgan fingerprint density at radius 1 is 1.20 bits per heavy atom. The van der Waals surface area contributed by atoms with Gasteiger partial charge in [-0.1, -0.05) is 6.07 Å². The van der Waals surface area contributed by atoms with E-state index in [4.69, 9.17) is 4.42 Å². The molecule has 0 aliphatic heterocycles. The summed E-state index contributed by atoms with van der Waals surface area (Å²) in [4.78, 5) is 11.2. The van der Waals surface area contributed by atoms with Crippen molar-refractivity contribution in [2.24, 2.45) is 0 Å². The van der Waals surface area contributed by atoms with Crippen LogP contribution in [0.2, 0.25) is 0 Å². The van der Waals surface area contributed by atoms with Crippen molar-refractivity contribution in [2.75, 3.05) is 0 Å². The molecule has 4 nitrogen and oxygen atoms in total. The van der Waals surface area contributed by atoms with E-state index >= 15 is 0 Å². The minimum Gasteiger partial charge on any atom is -0.472 e. The first-order chi connectivity index (χ1) is 9.67. The maximum Gasteiger partial charge on any atom is 0.153 e. The highest BCUT2D eigenvalue weighted by molar-refractivity contribution is 5.85. The summed E-state index contributed by atoms with van der Waals surface area (Å²) in [7, 11) is 0. The molecule has 100 valence electrons. The van der Waals surface area contributed by atoms with E-state index in [-0.39, 0.29) is 0 Å². The lowest BCUT2D eigenvalue weighted by molar-refractivity contribution is 0.112. The molecule has 0 saturated heterocycles. The largest absolute Gasteiger partial charge is 0.472 e. The fourth-order valence-corrected chi connectivity index (χ4v) is 2.31. The van der Waals surface area contributed by atoms with Gasteiger partial charge in [0.15, 0.2) is 6.29 Å². The van der Waals surface area contributed by atoms with Crippen LogP contribution in [-0.2, 0) is 0 Å². The molecule has 2 aromatic heterocycles. The number of furan rings is 1. The lowest BCUT2D eigenvalue weighted by Crippen LogP contribution is -1.96. The fraction of sp³-hybridized carbons (Fsp3) is 0.125. The van der Waals surface area contributed by atoms with E-state index in [1.54, 1.807) is 29.5 Å². The highest BCUT2D eigenvalue weighted by Crippen LogP contribution is 2.23. The highest BCUT2D eigenvalue weighted by atomic mass is 16.3. The van der Waals surface area contributed by atoms with Gasteiger partial charge >= 0.3 is 0 Å². The maximum absolute atomic E-state index is 11.2. The van der Waals surface area contributed by atoms with Crippen LogP contribution >= 0.6 is 0 Å². The third kappa shape index (κ3) is 2.16. The minimum absolute atomic E-state index is 0.547. The second-order valence-corrected chi connectivity index (χ2v) is 4.85. The molecule has 2 heterocycles. The average Bonchev–Trinajstić information content (AvgIpc) is 3.06. The third-order valence-corrected chi connectivity index (χ3v) is 3.14. The average molecular weight is 266 g/mol. The quantitative estimate of drug-likeness (QED) is 0.681. The Morgan fingerprint density at radius 3 is 2.55 bits per heavy atom. The summed E-state index contributed by atoms with van der Waals surface area (Å²) in [6.07, 6.45) is 5.71. The van der Waals surface area contributed by atoms with Crippen LogP contribution < -0.4 is 0 Å². The summed E-state index contributed by atoms with van der Waals surface area (Å²) in [6, 6.07) is 7.97. The van der Waals surface area contributed by atoms with Crippen molar-refractivity contribution >= 4 is 6.29 Å². The molecule has 1 aromatic carbocycles. The van der Waals surface area contributed by atoms with Gasteiger partial charge in [0.25, 0.3) is 0 Å². The molecule has 0 aliphatic rings. The standard InChI is InChI=1S/C16H14N2O2/c1-11-5-12(2)7-15(6-11)18-8-14(9-19)16(17-18)13-3-4-20-10-13/h3-10H,1-2H3. The molecule has 3 aromatic rings. The summed E-state index contributed by atoms with van der Waals surface area (Å²) in [6.45, 7) is 4.08. The second-order valence-electron chi connectivity index (χ2n) is 4.85. The van der Waals surface area contributed by atoms with Crippen LogP contribution in [-0.4, -0.2) is 16.1 Å². The summed E-state index contributed by atoms with van der Waals surface area (Å²) in [5.41, 5.74) is 5.25. The zero-order chi connectivity index (χ0) is 14.1. The molecule has 0 amide bonds. The van der Waals surface area contributed by atoms with Gasteiger partial charge in [0.05, 0.1) is 23.8 Å². The molecule has 0 atom stereocenters. The zero-order valence-electron chi connectivity index (χ0n) is 11.3. The summed E-state index contributed by atoms with van der Waals surface area (Å²) in [5.74, 6) is 0. The monoisotopic (exact) mass is 266 g/mol. The van der Waals surface area contributed by atoms with E-state index in [1.807, 2.05) is 26.0 Å². The van der Waals surface area contributed by atoms with Crippen molar-refractivity contribution in [1.82, 2.24) is 9.78 Å². The molecule has 0 radical (unpaired) electrons. The van der Waals surface area contributed by atoms with Crippen molar-refractivity contribution in [3.05, 3.63) is 59.7 Å². The smallest absolute Gasteiger partial charge is 0.153 e. The molecular formula is C16H14N2O2. The van der Waals surface area contributed by atoms with E-state index in [9.17, 15) is 4.79 Å². The van der Waals surface area contributed by atoms with Gasteiger partial charge in [0.2, 0.25) is 0 Å². The van der Waals surface area contributed by atoms with Gasteiger partial charge in [-0.2, -0.15) is 5.10 Å². The Kier molecular flexibility index (Phi) is 2.99. The molecule has 0 spiro atoms. The van der Waals surface area contributed by atoms with Crippen molar-refractivity contribution in [3.8, 4) is 16.9 Å². The summed E-state index contributed by atoms with van der Waals surface area (Å²) in [5, 5.41) is 4.50. The number of rotatable bonds is 3. The molecule has 20 heavy (non-hydrogen) atoms. The van der Waals surface area contributed by atoms with Crippen LogP contribution in [0.25, 0.3) is 16.9 Å². The highest BCUT2D eigenvalue weighted by Gasteiger charge is 2.12. The maximum atomic E-state index is 11.2. The third-order valence-electron chi connectivity index (χ3n) is 3.14. The summed E-state index contributed by atoms with van der Waals surface area (Å²) >= 11 is 0. The number of aromatic nitrogens is 2. The SMILES string of the molecule is Cc1cc(C)cc(-n2cc(C=O)c(-c3ccoc3)n2)c1. The molecule has 0 bridgehead atoms. The van der Waals surface area contributed by atoms with Crippen LogP contribution in [0.1, 0.15) is 21.5 Å². The summed E-state index contributed by atoms with van der Waals surface area (Å²) < 4.78 is 6.78. The van der Waals surface area contributed by atoms with Gasteiger partial charge in [-0.15, -0.1) is 0 Å². The van der Waals surface area contributed by atoms with Gasteiger partial charge < -0.3 is 4.42 Å². The lowest BCUT2D eigenvalue weighted by atomic mass is 10.1. The molecule has 4 heteroatoms. The number of benzene rings is 1. The predicted molar refractivity (Wildman–Crippen MR) is 76.1 cm³/mol. The first-order valence-electron chi connectivity index (χ1n) is 6.33. The molecule has 0 N–H and O–H groups in total. The number of hydrogen-bond acceptors (Lipinski definition) is 3. The molecule has 3 rings (SSSR count). The number of hydrogen-bond donors (Lipinski definition) is 0. The van der Waals surface area contributed by atoms with Gasteiger partial charge in [0.1, 0.15) is 5.69 Å². The first kappa shape index (κ1) is 12.4. The number of carbonyl (C=O) groups excluding carboxylic acids is 1. The topological polar surface area (TPSA) is 48.0 Å². The van der Waals surface area contributed by atoms with Crippen LogP contribution in [0.3, 0.4) is 0 Å². The Hall–Kier alpha value is -2.62. The van der Waals surface area contributed by atoms with E-state index in [1.165, 1.54) is 0 Å². The zero-order valence-corrected chi connectivity index (χ0v) is 11.3. The van der Waals surface area contributed by atoms with E-state index in [0.29, 0.717) is 11.3 Å². The van der Waals surface area contributed by atoms with Crippen molar-refractivity contribution in [1.29, 1.82) is 0 Å².